The van der Waals surface area contributed by atoms with E-state index in [2.05, 4.69) is 25.4 Å². The van der Waals surface area contributed by atoms with E-state index in [1.807, 2.05) is 0 Å². The minimum absolute atomic E-state index is 0.0525. The van der Waals surface area contributed by atoms with E-state index >= 15 is 0 Å². The predicted molar refractivity (Wildman–Crippen MR) is 75.0 cm³/mol. The molecule has 0 spiro atoms. The zero-order chi connectivity index (χ0) is 15.3. The van der Waals surface area contributed by atoms with Crippen LogP contribution in [0.1, 0.15) is 13.3 Å². The highest BCUT2D eigenvalue weighted by Gasteiger charge is 2.21. The molecule has 3 N–H and O–H groups in total. The first kappa shape index (κ1) is 16.9. The summed E-state index contributed by atoms with van der Waals surface area (Å²) in [7, 11) is -4.09. The van der Waals surface area contributed by atoms with Gasteiger partial charge >= 0.3 is 5.97 Å². The van der Waals surface area contributed by atoms with E-state index in [9.17, 15) is 17.6 Å². The van der Waals surface area contributed by atoms with Crippen LogP contribution in [0.2, 0.25) is 0 Å². The number of esters is 1. The van der Waals surface area contributed by atoms with Gasteiger partial charge in [0.05, 0.1) is 17.5 Å². The molecule has 0 saturated heterocycles. The lowest BCUT2D eigenvalue weighted by atomic mass is 10.3. The zero-order valence-electron chi connectivity index (χ0n) is 10.7. The molecular weight excluding hydrogens is 355 g/mol. The molecular formula is C11H14BrFN2O4S. The topological polar surface area (TPSA) is 98.5 Å². The van der Waals surface area contributed by atoms with Crippen LogP contribution < -0.4 is 10.5 Å². The van der Waals surface area contributed by atoms with Gasteiger partial charge in [0.25, 0.3) is 0 Å². The van der Waals surface area contributed by atoms with Crippen molar-refractivity contribution in [2.24, 2.45) is 0 Å². The second kappa shape index (κ2) is 7.00. The number of rotatable bonds is 6. The Morgan fingerprint density at radius 3 is 2.75 bits per heavy atom. The molecule has 1 aromatic rings. The Bertz CT molecular complexity index is 607. The summed E-state index contributed by atoms with van der Waals surface area (Å²) in [5.41, 5.74) is 5.58. The number of nitrogens with one attached hydrogen (secondary N) is 1. The third-order valence-electron chi connectivity index (χ3n) is 2.23. The summed E-state index contributed by atoms with van der Waals surface area (Å²) in [5, 5.41) is 0. The molecule has 0 heterocycles. The van der Waals surface area contributed by atoms with Crippen LogP contribution in [0.25, 0.3) is 0 Å². The van der Waals surface area contributed by atoms with Gasteiger partial charge in [0.2, 0.25) is 10.0 Å². The molecule has 1 aromatic carbocycles. The van der Waals surface area contributed by atoms with Gasteiger partial charge in [-0.15, -0.1) is 0 Å². The second-order valence-electron chi connectivity index (χ2n) is 3.77. The van der Waals surface area contributed by atoms with Crippen LogP contribution in [0.5, 0.6) is 0 Å². The Labute approximate surface area is 124 Å². The molecule has 6 nitrogen and oxygen atoms in total. The van der Waals surface area contributed by atoms with Gasteiger partial charge in [-0.2, -0.15) is 0 Å². The summed E-state index contributed by atoms with van der Waals surface area (Å²) in [6, 6.07) is 2.26. The lowest BCUT2D eigenvalue weighted by molar-refractivity contribution is -0.142. The number of carbonyl (C=O) groups is 1. The third kappa shape index (κ3) is 4.43. The average Bonchev–Trinajstić information content (AvgIpc) is 2.33. The fraction of sp³-hybridized carbons (Fsp3) is 0.364. The Balaban J connectivity index is 2.82. The molecule has 0 atom stereocenters. The lowest BCUT2D eigenvalue weighted by Crippen LogP contribution is -2.27. The van der Waals surface area contributed by atoms with Crippen LogP contribution in [0.15, 0.2) is 21.5 Å². The molecule has 0 amide bonds. The van der Waals surface area contributed by atoms with Crippen molar-refractivity contribution < 1.29 is 22.3 Å². The third-order valence-corrected chi connectivity index (χ3v) is 4.27. The van der Waals surface area contributed by atoms with Crippen LogP contribution in [0, 0.1) is 5.82 Å². The summed E-state index contributed by atoms with van der Waals surface area (Å²) >= 11 is 2.88. The van der Waals surface area contributed by atoms with Crippen LogP contribution in [-0.4, -0.2) is 27.5 Å². The average molecular weight is 369 g/mol. The van der Waals surface area contributed by atoms with Gasteiger partial charge in [-0.05, 0) is 35.0 Å². The molecule has 0 aromatic heterocycles. The highest BCUT2D eigenvalue weighted by Crippen LogP contribution is 2.25. The Morgan fingerprint density at radius 1 is 1.50 bits per heavy atom. The number of hydrogen-bond donors (Lipinski definition) is 2. The van der Waals surface area contributed by atoms with E-state index in [0.717, 1.165) is 6.07 Å². The molecule has 112 valence electrons. The zero-order valence-corrected chi connectivity index (χ0v) is 13.1. The van der Waals surface area contributed by atoms with Crippen molar-refractivity contribution in [2.75, 3.05) is 18.9 Å². The highest BCUT2D eigenvalue weighted by molar-refractivity contribution is 9.10. The number of halogens is 2. The molecule has 0 radical (unpaired) electrons. The number of benzene rings is 1. The van der Waals surface area contributed by atoms with Crippen molar-refractivity contribution in [3.8, 4) is 0 Å². The van der Waals surface area contributed by atoms with E-state index in [1.165, 1.54) is 6.07 Å². The van der Waals surface area contributed by atoms with Gasteiger partial charge in [0, 0.05) is 12.2 Å². The number of sulfonamides is 1. The summed E-state index contributed by atoms with van der Waals surface area (Å²) in [6.45, 7) is 1.66. The monoisotopic (exact) mass is 368 g/mol. The van der Waals surface area contributed by atoms with Gasteiger partial charge in [0.1, 0.15) is 4.90 Å². The molecule has 1 rings (SSSR count). The first-order chi connectivity index (χ1) is 9.27. The maximum absolute atomic E-state index is 13.8. The second-order valence-corrected chi connectivity index (χ2v) is 6.36. The number of hydrogen-bond acceptors (Lipinski definition) is 5. The number of nitrogen functional groups attached to an aromatic ring is 1. The molecule has 0 saturated carbocycles. The fourth-order valence-corrected chi connectivity index (χ4v) is 3.15. The summed E-state index contributed by atoms with van der Waals surface area (Å²) in [4.78, 5) is 10.5. The van der Waals surface area contributed by atoms with E-state index in [4.69, 9.17) is 5.73 Å². The molecule has 0 bridgehead atoms. The molecule has 20 heavy (non-hydrogen) atoms. The number of carbonyl (C=O) groups excluding carboxylic acids is 1. The quantitative estimate of drug-likeness (QED) is 0.584. The first-order valence-electron chi connectivity index (χ1n) is 5.67. The molecule has 0 aliphatic heterocycles. The fourth-order valence-electron chi connectivity index (χ4n) is 1.38. The van der Waals surface area contributed by atoms with Crippen LogP contribution in [-0.2, 0) is 19.6 Å². The van der Waals surface area contributed by atoms with E-state index in [0.29, 0.717) is 0 Å². The minimum Gasteiger partial charge on any atom is -0.466 e. The number of ether oxygens (including phenoxy) is 1. The van der Waals surface area contributed by atoms with E-state index in [-0.39, 0.29) is 29.7 Å². The standard InChI is InChI=1S/C11H14BrFN2O4S/c1-2-19-10(16)3-4-15-20(17,18)9-6-7(14)5-8(12)11(9)13/h5-6,15H,2-4,14H2,1H3. The summed E-state index contributed by atoms with van der Waals surface area (Å²) in [5.74, 6) is -1.48. The molecule has 0 aliphatic rings. The molecule has 0 unspecified atom stereocenters. The maximum atomic E-state index is 13.8. The maximum Gasteiger partial charge on any atom is 0.307 e. The van der Waals surface area contributed by atoms with Gasteiger partial charge < -0.3 is 10.5 Å². The Hall–Kier alpha value is -1.19. The van der Waals surface area contributed by atoms with Gasteiger partial charge in [-0.25, -0.2) is 17.5 Å². The van der Waals surface area contributed by atoms with Crippen molar-refractivity contribution in [2.45, 2.75) is 18.2 Å². The van der Waals surface area contributed by atoms with Gasteiger partial charge in [0.15, 0.2) is 5.82 Å². The van der Waals surface area contributed by atoms with E-state index < -0.39 is 26.7 Å². The Kier molecular flexibility index (Phi) is 5.90. The largest absolute Gasteiger partial charge is 0.466 e. The van der Waals surface area contributed by atoms with Crippen molar-refractivity contribution in [3.63, 3.8) is 0 Å². The van der Waals surface area contributed by atoms with Crippen molar-refractivity contribution >= 4 is 37.6 Å². The smallest absolute Gasteiger partial charge is 0.307 e. The SMILES string of the molecule is CCOC(=O)CCNS(=O)(=O)c1cc(N)cc(Br)c1F. The number of anilines is 1. The normalized spacial score (nSPS) is 11.3. The van der Waals surface area contributed by atoms with Crippen LogP contribution in [0.4, 0.5) is 10.1 Å². The van der Waals surface area contributed by atoms with Gasteiger partial charge in [-0.3, -0.25) is 4.79 Å². The Morgan fingerprint density at radius 2 is 2.15 bits per heavy atom. The molecule has 0 fully saturated rings. The lowest BCUT2D eigenvalue weighted by Gasteiger charge is -2.09. The molecule has 0 aliphatic carbocycles. The van der Waals surface area contributed by atoms with Gasteiger partial charge in [-0.1, -0.05) is 0 Å². The molecule has 9 heteroatoms. The van der Waals surface area contributed by atoms with E-state index in [1.54, 1.807) is 6.92 Å². The summed E-state index contributed by atoms with van der Waals surface area (Å²) in [6.07, 6.45) is -0.141. The minimum atomic E-state index is -4.09. The highest BCUT2D eigenvalue weighted by atomic mass is 79.9. The predicted octanol–water partition coefficient (Wildman–Crippen LogP) is 1.40. The van der Waals surface area contributed by atoms with Crippen LogP contribution in [0.3, 0.4) is 0 Å². The van der Waals surface area contributed by atoms with Crippen molar-refractivity contribution in [1.29, 1.82) is 0 Å². The van der Waals surface area contributed by atoms with Crippen molar-refractivity contribution in [1.82, 2.24) is 4.72 Å². The number of nitrogens with two attached hydrogens (primary N) is 1. The summed E-state index contributed by atoms with van der Waals surface area (Å²) < 4.78 is 44.3. The van der Waals surface area contributed by atoms with Crippen molar-refractivity contribution in [3.05, 3.63) is 22.4 Å². The first-order valence-corrected chi connectivity index (χ1v) is 7.95. The van der Waals surface area contributed by atoms with Crippen LogP contribution >= 0.6 is 15.9 Å².